The lowest BCUT2D eigenvalue weighted by molar-refractivity contribution is -0.0162. The minimum absolute atomic E-state index is 0.00557. The van der Waals surface area contributed by atoms with Crippen molar-refractivity contribution in [2.75, 3.05) is 20.2 Å². The summed E-state index contributed by atoms with van der Waals surface area (Å²) in [4.78, 5) is 27.3. The molecule has 3 aromatic heterocycles. The average Bonchev–Trinajstić information content (AvgIpc) is 3.31. The van der Waals surface area contributed by atoms with Crippen molar-refractivity contribution in [3.63, 3.8) is 0 Å². The van der Waals surface area contributed by atoms with Crippen LogP contribution in [0.3, 0.4) is 0 Å². The number of aromatic nitrogens is 3. The number of nitrogens with zero attached hydrogens (tertiary/aromatic N) is 5. The second-order valence-electron chi connectivity index (χ2n) is 10.4. The Morgan fingerprint density at radius 3 is 2.51 bits per heavy atom. The van der Waals surface area contributed by atoms with Crippen molar-refractivity contribution in [3.8, 4) is 17.1 Å². The van der Waals surface area contributed by atoms with Gasteiger partial charge in [-0.1, -0.05) is 50.2 Å². The summed E-state index contributed by atoms with van der Waals surface area (Å²) < 4.78 is 7.45. The largest absolute Gasteiger partial charge is 0.481 e. The van der Waals surface area contributed by atoms with Crippen molar-refractivity contribution in [2.45, 2.75) is 51.2 Å². The van der Waals surface area contributed by atoms with Crippen LogP contribution in [0.2, 0.25) is 0 Å². The fourth-order valence-corrected chi connectivity index (χ4v) is 5.80. The maximum atomic E-state index is 13.3. The van der Waals surface area contributed by atoms with Gasteiger partial charge in [0, 0.05) is 49.5 Å². The minimum Gasteiger partial charge on any atom is -0.481 e. The average molecular weight is 496 g/mol. The zero-order chi connectivity index (χ0) is 25.5. The number of carbonyl (C=O) groups excluding carboxylic acids is 1. The summed E-state index contributed by atoms with van der Waals surface area (Å²) in [5.74, 6) is 0.960. The Labute approximate surface area is 217 Å². The highest BCUT2D eigenvalue weighted by Crippen LogP contribution is 2.34. The van der Waals surface area contributed by atoms with E-state index in [4.69, 9.17) is 9.72 Å². The van der Waals surface area contributed by atoms with E-state index in [2.05, 4.69) is 70.7 Å². The molecule has 7 rings (SSSR count). The van der Waals surface area contributed by atoms with Gasteiger partial charge in [-0.15, -0.1) is 0 Å². The van der Waals surface area contributed by atoms with E-state index >= 15 is 0 Å². The molecule has 37 heavy (non-hydrogen) atoms. The zero-order valence-electron chi connectivity index (χ0n) is 21.7. The van der Waals surface area contributed by atoms with Crippen molar-refractivity contribution in [1.82, 2.24) is 24.2 Å². The molecule has 6 heterocycles. The maximum Gasteiger partial charge on any atom is 0.272 e. The molecule has 3 aliphatic rings. The highest BCUT2D eigenvalue weighted by molar-refractivity contribution is 5.93. The van der Waals surface area contributed by atoms with Gasteiger partial charge < -0.3 is 14.0 Å². The van der Waals surface area contributed by atoms with E-state index in [9.17, 15) is 4.79 Å². The van der Waals surface area contributed by atoms with Crippen molar-refractivity contribution < 1.29 is 9.53 Å². The van der Waals surface area contributed by atoms with Gasteiger partial charge in [-0.05, 0) is 42.5 Å². The molecule has 7 nitrogen and oxygen atoms in total. The molecule has 2 unspecified atom stereocenters. The third-order valence-corrected chi connectivity index (χ3v) is 7.89. The fraction of sp³-hybridized carbons (Fsp3) is 0.367. The van der Waals surface area contributed by atoms with Crippen LogP contribution in [0.25, 0.3) is 16.9 Å². The van der Waals surface area contributed by atoms with Crippen LogP contribution >= 0.6 is 0 Å². The number of amides is 1. The van der Waals surface area contributed by atoms with Crippen LogP contribution in [-0.4, -0.2) is 62.4 Å². The van der Waals surface area contributed by atoms with Gasteiger partial charge in [0.05, 0.1) is 18.5 Å². The van der Waals surface area contributed by atoms with Gasteiger partial charge in [0.25, 0.3) is 5.91 Å². The predicted molar refractivity (Wildman–Crippen MR) is 144 cm³/mol. The first-order chi connectivity index (χ1) is 18.0. The lowest BCUT2D eigenvalue weighted by Gasteiger charge is -2.51. The molecule has 7 heteroatoms. The first-order valence-electron chi connectivity index (χ1n) is 13.1. The van der Waals surface area contributed by atoms with Crippen LogP contribution in [0, 0.1) is 0 Å². The van der Waals surface area contributed by atoms with Gasteiger partial charge in [0.2, 0.25) is 5.88 Å². The molecule has 3 aliphatic heterocycles. The summed E-state index contributed by atoms with van der Waals surface area (Å²) in [6.45, 7) is 6.81. The third kappa shape index (κ3) is 4.37. The second-order valence-corrected chi connectivity index (χ2v) is 10.4. The number of hydrogen-bond acceptors (Lipinski definition) is 5. The molecule has 1 amide bonds. The van der Waals surface area contributed by atoms with Crippen LogP contribution in [-0.2, 0) is 6.54 Å². The summed E-state index contributed by atoms with van der Waals surface area (Å²) in [7, 11) is 1.57. The molecule has 4 aromatic rings. The fourth-order valence-electron chi connectivity index (χ4n) is 5.80. The predicted octanol–water partition coefficient (Wildman–Crippen LogP) is 5.02. The Balaban J connectivity index is 1.27. The van der Waals surface area contributed by atoms with Crippen LogP contribution < -0.4 is 4.74 Å². The molecule has 0 radical (unpaired) electrons. The summed E-state index contributed by atoms with van der Waals surface area (Å²) in [5, 5.41) is 0. The summed E-state index contributed by atoms with van der Waals surface area (Å²) in [5.41, 5.74) is 6.13. The number of rotatable bonds is 6. The number of fused-ring (bicyclic) bond motifs is 4. The van der Waals surface area contributed by atoms with Crippen LogP contribution in [0.1, 0.15) is 54.4 Å². The molecule has 0 aliphatic carbocycles. The maximum absolute atomic E-state index is 13.3. The third-order valence-electron chi connectivity index (χ3n) is 7.89. The Kier molecular flexibility index (Phi) is 6.16. The zero-order valence-corrected chi connectivity index (χ0v) is 21.7. The number of pyridine rings is 2. The van der Waals surface area contributed by atoms with Crippen LogP contribution in [0.4, 0.5) is 0 Å². The Morgan fingerprint density at radius 1 is 0.973 bits per heavy atom. The molecule has 1 aromatic carbocycles. The summed E-state index contributed by atoms with van der Waals surface area (Å²) in [6.07, 6.45) is 4.22. The lowest BCUT2D eigenvalue weighted by Crippen LogP contribution is -2.63. The molecule has 0 saturated carbocycles. The Hall–Kier alpha value is -3.71. The van der Waals surface area contributed by atoms with Crippen molar-refractivity contribution in [2.24, 2.45) is 0 Å². The molecule has 0 N–H and O–H groups in total. The highest BCUT2D eigenvalue weighted by atomic mass is 16.5. The monoisotopic (exact) mass is 495 g/mol. The molecule has 190 valence electrons. The molecular weight excluding hydrogens is 462 g/mol. The standard InChI is InChI=1S/C30H33N5O2/c1-20(2)21-10-12-22(13-11-21)29-26(34-16-5-4-8-27(34)32-29)19-33-17-24-15-14-23(33)18-35(24)30(36)25-7-6-9-28(31-25)37-3/h4-13,16,20,23-24H,14-15,17-19H2,1-3H3. The number of piperidine rings is 2. The number of methoxy groups -OCH3 is 1. The minimum atomic E-state index is -0.00557. The highest BCUT2D eigenvalue weighted by Gasteiger charge is 2.42. The van der Waals surface area contributed by atoms with Gasteiger partial charge in [0.15, 0.2) is 0 Å². The van der Waals surface area contributed by atoms with Gasteiger partial charge in [-0.2, -0.15) is 0 Å². The lowest BCUT2D eigenvalue weighted by atomic mass is 9.90. The normalized spacial score (nSPS) is 19.6. The summed E-state index contributed by atoms with van der Waals surface area (Å²) in [6, 6.07) is 20.9. The Bertz CT molecular complexity index is 1430. The van der Waals surface area contributed by atoms with Gasteiger partial charge in [-0.25, -0.2) is 9.97 Å². The van der Waals surface area contributed by atoms with Crippen LogP contribution in [0.5, 0.6) is 5.88 Å². The van der Waals surface area contributed by atoms with E-state index in [0.717, 1.165) is 49.4 Å². The number of hydrogen-bond donors (Lipinski definition) is 0. The van der Waals surface area contributed by atoms with E-state index in [1.165, 1.54) is 11.3 Å². The van der Waals surface area contributed by atoms with Gasteiger partial charge in [-0.3, -0.25) is 9.69 Å². The Morgan fingerprint density at radius 2 is 1.78 bits per heavy atom. The number of ether oxygens (including phenoxy) is 1. The molecule has 3 saturated heterocycles. The number of imidazole rings is 1. The van der Waals surface area contributed by atoms with Crippen molar-refractivity contribution in [3.05, 3.63) is 83.8 Å². The number of benzene rings is 1. The smallest absolute Gasteiger partial charge is 0.272 e. The topological polar surface area (TPSA) is 63.0 Å². The quantitative estimate of drug-likeness (QED) is 0.376. The molecular formula is C30H33N5O2. The second kappa shape index (κ2) is 9.63. The number of carbonyl (C=O) groups is 1. The van der Waals surface area contributed by atoms with E-state index in [0.29, 0.717) is 23.5 Å². The van der Waals surface area contributed by atoms with Crippen LogP contribution in [0.15, 0.2) is 66.9 Å². The van der Waals surface area contributed by atoms with E-state index in [1.54, 1.807) is 19.2 Å². The van der Waals surface area contributed by atoms with Gasteiger partial charge in [0.1, 0.15) is 11.3 Å². The molecule has 2 bridgehead atoms. The first kappa shape index (κ1) is 23.7. The van der Waals surface area contributed by atoms with E-state index in [1.807, 2.05) is 17.0 Å². The number of piperazine rings is 1. The molecule has 2 atom stereocenters. The van der Waals surface area contributed by atoms with E-state index < -0.39 is 0 Å². The van der Waals surface area contributed by atoms with E-state index in [-0.39, 0.29) is 11.9 Å². The summed E-state index contributed by atoms with van der Waals surface area (Å²) >= 11 is 0. The van der Waals surface area contributed by atoms with Crippen molar-refractivity contribution in [1.29, 1.82) is 0 Å². The SMILES string of the molecule is COc1cccc(C(=O)N2CC3CCC2CN3Cc2c(-c3ccc(C(C)C)cc3)nc3ccccn23)n1. The van der Waals surface area contributed by atoms with Gasteiger partial charge >= 0.3 is 0 Å². The first-order valence-corrected chi connectivity index (χ1v) is 13.1. The van der Waals surface area contributed by atoms with Crippen molar-refractivity contribution >= 4 is 11.6 Å². The molecule has 3 fully saturated rings. The molecule has 0 spiro atoms.